The Morgan fingerprint density at radius 3 is 2.29 bits per heavy atom. The van der Waals surface area contributed by atoms with Gasteiger partial charge in [0.25, 0.3) is 15.7 Å². The summed E-state index contributed by atoms with van der Waals surface area (Å²) in [6.45, 7) is 1.52. The molecule has 0 aliphatic heterocycles. The van der Waals surface area contributed by atoms with E-state index >= 15 is 0 Å². The number of aromatic carboxylic acids is 2. The molecule has 2 aromatic carbocycles. The molecule has 0 unspecified atom stereocenters. The monoisotopic (exact) mass is 734 g/mol. The number of nitrogens with zero attached hydrogens (tertiary/aromatic N) is 4. The van der Waals surface area contributed by atoms with Crippen molar-refractivity contribution in [3.8, 4) is 17.5 Å². The normalized spacial score (nSPS) is 11.0. The molecule has 17 nitrogen and oxygen atoms in total. The Hall–Kier alpha value is -5.61. The van der Waals surface area contributed by atoms with Crippen molar-refractivity contribution in [1.82, 2.24) is 19.7 Å². The van der Waals surface area contributed by atoms with Gasteiger partial charge in [-0.15, -0.1) is 11.3 Å². The molecule has 0 bridgehead atoms. The molecule has 0 saturated carbocycles. The Morgan fingerprint density at radius 1 is 1.04 bits per heavy atom. The van der Waals surface area contributed by atoms with Crippen molar-refractivity contribution in [3.63, 3.8) is 0 Å². The minimum absolute atomic E-state index is 0.0633. The van der Waals surface area contributed by atoms with E-state index in [1.165, 1.54) is 19.4 Å². The van der Waals surface area contributed by atoms with Crippen molar-refractivity contribution in [2.45, 2.75) is 18.0 Å². The molecule has 4 N–H and O–H groups in total. The number of nitro benzene ring substituents is 1. The summed E-state index contributed by atoms with van der Waals surface area (Å²) in [5.41, 5.74) is -2.25. The van der Waals surface area contributed by atoms with E-state index < -0.39 is 65.7 Å². The van der Waals surface area contributed by atoms with Crippen LogP contribution >= 0.6 is 22.9 Å². The van der Waals surface area contributed by atoms with Crippen LogP contribution in [0.4, 0.5) is 29.6 Å². The van der Waals surface area contributed by atoms with Crippen molar-refractivity contribution in [1.29, 1.82) is 0 Å². The molecular weight excluding hydrogens is 717 g/mol. The number of thiophene rings is 1. The molecule has 4 rings (SSSR count). The number of halogens is 4. The van der Waals surface area contributed by atoms with Crippen LogP contribution in [0.5, 0.6) is 17.5 Å². The summed E-state index contributed by atoms with van der Waals surface area (Å²) < 4.78 is 73.6. The fourth-order valence-electron chi connectivity index (χ4n) is 3.37. The lowest BCUT2D eigenvalue weighted by Crippen LogP contribution is -2.35. The van der Waals surface area contributed by atoms with Crippen LogP contribution in [0.15, 0.2) is 52.7 Å². The third-order valence-corrected chi connectivity index (χ3v) is 8.06. The van der Waals surface area contributed by atoms with Gasteiger partial charge >= 0.3 is 30.2 Å². The second-order valence-electron chi connectivity index (χ2n) is 8.66. The highest BCUT2D eigenvalue weighted by Crippen LogP contribution is 2.37. The number of nitrogens with one attached hydrogen (secondary N) is 2. The molecule has 2 amide bonds. The molecule has 0 atom stereocenters. The van der Waals surface area contributed by atoms with Crippen LogP contribution in [0.2, 0.25) is 5.02 Å². The number of benzene rings is 2. The molecule has 0 saturated heterocycles. The molecule has 23 heteroatoms. The van der Waals surface area contributed by atoms with E-state index in [4.69, 9.17) is 31.3 Å². The van der Waals surface area contributed by atoms with E-state index in [9.17, 15) is 46.1 Å². The van der Waals surface area contributed by atoms with Crippen LogP contribution in [-0.2, 0) is 16.2 Å². The van der Waals surface area contributed by atoms with Gasteiger partial charge in [-0.3, -0.25) is 15.4 Å². The number of aryl methyl sites for hydroxylation is 1. The molecule has 4 aromatic rings. The number of sulfonamides is 1. The van der Waals surface area contributed by atoms with E-state index in [2.05, 4.69) is 20.3 Å². The van der Waals surface area contributed by atoms with Crippen LogP contribution < -0.4 is 19.5 Å². The lowest BCUT2D eigenvalue weighted by atomic mass is 10.1. The van der Waals surface area contributed by atoms with Crippen LogP contribution in [-0.4, -0.2) is 63.6 Å². The first-order valence-corrected chi connectivity index (χ1v) is 15.0. The van der Waals surface area contributed by atoms with Gasteiger partial charge in [0.05, 0.1) is 22.6 Å². The van der Waals surface area contributed by atoms with E-state index in [0.29, 0.717) is 6.07 Å². The topological polar surface area (TPSA) is 250 Å². The number of amides is 2. The quantitative estimate of drug-likeness (QED) is 0.127. The van der Waals surface area contributed by atoms with E-state index in [1.807, 2.05) is 0 Å². The highest BCUT2D eigenvalue weighted by molar-refractivity contribution is 7.90. The Kier molecular flexibility index (Phi) is 11.4. The molecule has 0 radical (unpaired) electrons. The summed E-state index contributed by atoms with van der Waals surface area (Å²) in [5, 5.41) is 31.7. The first-order chi connectivity index (χ1) is 22.3. The zero-order valence-corrected chi connectivity index (χ0v) is 26.2. The number of hydrogen-bond acceptors (Lipinski definition) is 13. The Balaban J connectivity index is 0.000000260. The van der Waals surface area contributed by atoms with Gasteiger partial charge in [0.1, 0.15) is 32.7 Å². The third-order valence-electron chi connectivity index (χ3n) is 5.36. The summed E-state index contributed by atoms with van der Waals surface area (Å²) in [6.07, 6.45) is -4.58. The van der Waals surface area contributed by atoms with Crippen molar-refractivity contribution < 1.29 is 60.6 Å². The predicted molar refractivity (Wildman–Crippen MR) is 158 cm³/mol. The SMILES string of the molecule is COc1nc(C)nc(NC(=O)NS(=O)(=O)c2ccsc2C(=O)O)n1.O=C(O)c1cc(Oc2ccc(C(F)(F)F)cc2Cl)ccc1[N+](=O)[O-]. The van der Waals surface area contributed by atoms with Crippen LogP contribution in [0, 0.1) is 17.0 Å². The number of carboxylic acids is 2. The van der Waals surface area contributed by atoms with Crippen molar-refractivity contribution in [2.24, 2.45) is 0 Å². The first-order valence-electron chi connectivity index (χ1n) is 12.3. The number of urea groups is 1. The largest absolute Gasteiger partial charge is 0.477 e. The molecular formula is C25H18ClF3N6O11S2. The maximum absolute atomic E-state index is 12.6. The number of nitro groups is 1. The van der Waals surface area contributed by atoms with Crippen molar-refractivity contribution in [3.05, 3.63) is 84.8 Å². The number of hydrogen-bond donors (Lipinski definition) is 4. The highest BCUT2D eigenvalue weighted by atomic mass is 35.5. The third kappa shape index (κ3) is 9.46. The smallest absolute Gasteiger partial charge is 0.416 e. The minimum atomic E-state index is -4.58. The van der Waals surface area contributed by atoms with Crippen LogP contribution in [0.25, 0.3) is 0 Å². The fraction of sp³-hybridized carbons (Fsp3) is 0.120. The number of alkyl halides is 3. The minimum Gasteiger partial charge on any atom is -0.477 e. The van der Waals surface area contributed by atoms with Gasteiger partial charge in [0, 0.05) is 12.1 Å². The summed E-state index contributed by atoms with van der Waals surface area (Å²) in [5.74, 6) is -3.23. The molecule has 254 valence electrons. The van der Waals surface area contributed by atoms with E-state index in [-0.39, 0.29) is 34.3 Å². The molecule has 0 fully saturated rings. The number of carbonyl (C=O) groups excluding carboxylic acids is 1. The molecule has 2 aromatic heterocycles. The van der Waals surface area contributed by atoms with Gasteiger partial charge in [0.2, 0.25) is 5.95 Å². The van der Waals surface area contributed by atoms with Gasteiger partial charge in [-0.2, -0.15) is 28.1 Å². The average Bonchev–Trinajstić information content (AvgIpc) is 3.49. The molecule has 0 aliphatic carbocycles. The lowest BCUT2D eigenvalue weighted by Gasteiger charge is -2.11. The highest BCUT2D eigenvalue weighted by Gasteiger charge is 2.31. The Morgan fingerprint density at radius 2 is 1.73 bits per heavy atom. The second kappa shape index (κ2) is 14.9. The van der Waals surface area contributed by atoms with Gasteiger partial charge in [-0.1, -0.05) is 11.6 Å². The summed E-state index contributed by atoms with van der Waals surface area (Å²) in [6, 6.07) is 5.12. The maximum atomic E-state index is 12.6. The number of rotatable bonds is 9. The lowest BCUT2D eigenvalue weighted by molar-refractivity contribution is -0.385. The summed E-state index contributed by atoms with van der Waals surface area (Å²) in [7, 11) is -3.06. The number of ether oxygens (including phenoxy) is 2. The van der Waals surface area contributed by atoms with Gasteiger partial charge in [-0.05, 0) is 42.6 Å². The number of carboxylic acid groups (broad SMARTS) is 2. The second-order valence-corrected chi connectivity index (χ2v) is 11.6. The number of methoxy groups -OCH3 is 1. The standard InChI is InChI=1S/C14H7ClF3NO5.C11H11N5O6S2/c15-10-5-7(14(16,17)18)1-4-12(10)24-8-2-3-11(19(22)23)9(6-8)13(20)21;1-5-12-9(15-11(13-5)22-2)14-10(19)16-24(20,21)6-3-4-23-7(6)8(17)18/h1-6H,(H,20,21);3-4H,1-2H3,(H,17,18)(H2,12,13,14,15,16,19). The van der Waals surface area contributed by atoms with Crippen molar-refractivity contribution >= 4 is 62.6 Å². The molecule has 2 heterocycles. The van der Waals surface area contributed by atoms with Gasteiger partial charge in [0.15, 0.2) is 0 Å². The fourth-order valence-corrected chi connectivity index (χ4v) is 5.76. The Bertz CT molecular complexity index is 2010. The number of anilines is 1. The number of carbonyl (C=O) groups is 3. The van der Waals surface area contributed by atoms with Crippen molar-refractivity contribution in [2.75, 3.05) is 12.4 Å². The molecule has 0 aliphatic rings. The number of aromatic nitrogens is 3. The van der Waals surface area contributed by atoms with Crippen LogP contribution in [0.3, 0.4) is 0 Å². The molecule has 0 spiro atoms. The summed E-state index contributed by atoms with van der Waals surface area (Å²) >= 11 is 6.44. The Labute approximate surface area is 275 Å². The van der Waals surface area contributed by atoms with E-state index in [1.54, 1.807) is 4.72 Å². The van der Waals surface area contributed by atoms with E-state index in [0.717, 1.165) is 47.7 Å². The van der Waals surface area contributed by atoms with Crippen LogP contribution in [0.1, 0.15) is 31.4 Å². The summed E-state index contributed by atoms with van der Waals surface area (Å²) in [4.78, 5) is 54.2. The van der Waals surface area contributed by atoms with Gasteiger partial charge < -0.3 is 19.7 Å². The maximum Gasteiger partial charge on any atom is 0.416 e. The zero-order chi connectivity index (χ0) is 36.0. The zero-order valence-electron chi connectivity index (χ0n) is 23.8. The average molecular weight is 735 g/mol. The first kappa shape index (κ1) is 36.9. The predicted octanol–water partition coefficient (Wildman–Crippen LogP) is 5.22. The molecule has 48 heavy (non-hydrogen) atoms. The van der Waals surface area contributed by atoms with Gasteiger partial charge in [-0.25, -0.2) is 27.5 Å².